The van der Waals surface area contributed by atoms with E-state index in [1.807, 2.05) is 50.2 Å². The maximum Gasteiger partial charge on any atom is 0.245 e. The first-order chi connectivity index (χ1) is 25.0. The van der Waals surface area contributed by atoms with Gasteiger partial charge in [-0.1, -0.05) is 80.4 Å². The van der Waals surface area contributed by atoms with E-state index >= 15 is 0 Å². The van der Waals surface area contributed by atoms with Gasteiger partial charge in [0.2, 0.25) is 28.6 Å². The molecule has 52 heavy (non-hydrogen) atoms. The molecule has 2 amide bonds. The van der Waals surface area contributed by atoms with E-state index in [0.717, 1.165) is 29.4 Å². The number of rotatable bonds is 15. The average molecular weight is 727 g/mol. The Morgan fingerprint density at radius 1 is 0.865 bits per heavy atom. The molecular formula is C41H50N4O6S. The van der Waals surface area contributed by atoms with Crippen LogP contribution >= 0.6 is 0 Å². The molecule has 1 heterocycles. The van der Waals surface area contributed by atoms with E-state index in [1.165, 1.54) is 31.2 Å². The van der Waals surface area contributed by atoms with E-state index in [4.69, 9.17) is 9.47 Å². The molecule has 0 unspecified atom stereocenters. The fourth-order valence-corrected chi connectivity index (χ4v) is 8.37. The number of fused-ring (bicyclic) bond motifs is 2. The van der Waals surface area contributed by atoms with Crippen molar-refractivity contribution in [2.24, 2.45) is 0 Å². The highest BCUT2D eigenvalue weighted by Crippen LogP contribution is 2.35. The summed E-state index contributed by atoms with van der Waals surface area (Å²) >= 11 is 0. The molecule has 276 valence electrons. The Morgan fingerprint density at radius 3 is 2.27 bits per heavy atom. The van der Waals surface area contributed by atoms with Crippen LogP contribution in [0.1, 0.15) is 75.6 Å². The van der Waals surface area contributed by atoms with Crippen molar-refractivity contribution in [3.8, 4) is 11.5 Å². The standard InChI is InChI=1S/C41H50N4O6S/c1-5-45(34-12-8-9-13-34)26-30-16-14-29(15-17-30)22-37(41(47)44(4)28(2)3)42-40(46)25-36(33-19-21-38-39(24-33)51-27-50-38)43-52(48,49)35-20-18-31-10-6-7-11-32(31)23-35/h6-7,10-11,14-21,23-24,28,34,36-37,43H,5,8-9,12-13,22,25-27H2,1-4H3,(H,42,46)/t36-,37+/m0/s1. The topological polar surface area (TPSA) is 117 Å². The number of likely N-dealkylation sites (N-methyl/N-ethyl adjacent to an activating group) is 1. The lowest BCUT2D eigenvalue weighted by Crippen LogP contribution is -2.50. The summed E-state index contributed by atoms with van der Waals surface area (Å²) in [6, 6.07) is 24.6. The Labute approximate surface area is 307 Å². The van der Waals surface area contributed by atoms with Gasteiger partial charge in [0.25, 0.3) is 0 Å². The molecule has 1 aliphatic heterocycles. The van der Waals surface area contributed by atoms with Crippen LogP contribution in [0.2, 0.25) is 0 Å². The number of amides is 2. The first-order valence-corrected chi connectivity index (χ1v) is 19.8. The number of carbonyl (C=O) groups is 2. The van der Waals surface area contributed by atoms with Crippen LogP contribution in [0.5, 0.6) is 11.5 Å². The summed E-state index contributed by atoms with van der Waals surface area (Å²) in [5, 5.41) is 4.66. The van der Waals surface area contributed by atoms with Gasteiger partial charge < -0.3 is 19.7 Å². The second-order valence-corrected chi connectivity index (χ2v) is 15.9. The first kappa shape index (κ1) is 37.3. The third-order valence-electron chi connectivity index (χ3n) is 10.4. The van der Waals surface area contributed by atoms with Gasteiger partial charge >= 0.3 is 0 Å². The predicted octanol–water partition coefficient (Wildman–Crippen LogP) is 6.34. The van der Waals surface area contributed by atoms with Crippen LogP contribution in [0.15, 0.2) is 89.8 Å². The van der Waals surface area contributed by atoms with Crippen LogP contribution in [0, 0.1) is 0 Å². The Morgan fingerprint density at radius 2 is 1.56 bits per heavy atom. The van der Waals surface area contributed by atoms with Crippen molar-refractivity contribution in [1.29, 1.82) is 0 Å². The van der Waals surface area contributed by atoms with Gasteiger partial charge in [0.1, 0.15) is 6.04 Å². The molecule has 0 radical (unpaired) electrons. The molecule has 1 fully saturated rings. The van der Waals surface area contributed by atoms with Crippen LogP contribution < -0.4 is 19.5 Å². The minimum Gasteiger partial charge on any atom is -0.454 e. The van der Waals surface area contributed by atoms with Crippen molar-refractivity contribution in [3.63, 3.8) is 0 Å². The molecular weight excluding hydrogens is 677 g/mol. The number of hydrogen-bond donors (Lipinski definition) is 2. The van der Waals surface area contributed by atoms with Crippen molar-refractivity contribution < 1.29 is 27.5 Å². The van der Waals surface area contributed by atoms with E-state index < -0.39 is 28.0 Å². The largest absolute Gasteiger partial charge is 0.454 e. The van der Waals surface area contributed by atoms with Gasteiger partial charge in [0, 0.05) is 38.5 Å². The van der Waals surface area contributed by atoms with Crippen molar-refractivity contribution >= 4 is 32.6 Å². The van der Waals surface area contributed by atoms with Gasteiger partial charge in [-0.05, 0) is 85.0 Å². The van der Waals surface area contributed by atoms with Crippen LogP contribution in [0.25, 0.3) is 10.8 Å². The quantitative estimate of drug-likeness (QED) is 0.147. The van der Waals surface area contributed by atoms with Crippen LogP contribution in [-0.4, -0.2) is 68.5 Å². The molecule has 6 rings (SSSR count). The van der Waals surface area contributed by atoms with Crippen LogP contribution in [0.4, 0.5) is 0 Å². The monoisotopic (exact) mass is 726 g/mol. The molecule has 0 aromatic heterocycles. The fraction of sp³-hybridized carbons (Fsp3) is 0.415. The van der Waals surface area contributed by atoms with Gasteiger partial charge in [-0.2, -0.15) is 0 Å². The number of benzene rings is 4. The van der Waals surface area contributed by atoms with Crippen molar-refractivity contribution in [1.82, 2.24) is 19.8 Å². The third kappa shape index (κ3) is 8.94. The minimum atomic E-state index is -4.08. The molecule has 4 aromatic carbocycles. The van der Waals surface area contributed by atoms with E-state index in [1.54, 1.807) is 48.3 Å². The van der Waals surface area contributed by atoms with Gasteiger partial charge in [0.15, 0.2) is 11.5 Å². The summed E-state index contributed by atoms with van der Waals surface area (Å²) in [5.41, 5.74) is 2.67. The highest BCUT2D eigenvalue weighted by atomic mass is 32.2. The third-order valence-corrected chi connectivity index (χ3v) is 11.8. The Bertz CT molecular complexity index is 1980. The number of sulfonamides is 1. The van der Waals surface area contributed by atoms with E-state index in [-0.39, 0.29) is 30.1 Å². The lowest BCUT2D eigenvalue weighted by Gasteiger charge is -2.29. The number of hydrogen-bond acceptors (Lipinski definition) is 7. The van der Waals surface area contributed by atoms with Gasteiger partial charge in [0.05, 0.1) is 10.9 Å². The molecule has 11 heteroatoms. The Hall–Kier alpha value is -4.45. The van der Waals surface area contributed by atoms with E-state index in [9.17, 15) is 18.0 Å². The highest BCUT2D eigenvalue weighted by Gasteiger charge is 2.30. The molecule has 0 saturated heterocycles. The number of nitrogens with zero attached hydrogens (tertiary/aromatic N) is 2. The molecule has 2 aliphatic rings. The zero-order chi connectivity index (χ0) is 36.8. The summed E-state index contributed by atoms with van der Waals surface area (Å²) in [4.78, 5) is 31.9. The van der Waals surface area contributed by atoms with Crippen molar-refractivity contribution in [3.05, 3.63) is 102 Å². The fourth-order valence-electron chi connectivity index (χ4n) is 7.11. The van der Waals surface area contributed by atoms with Crippen molar-refractivity contribution in [2.45, 2.75) is 94.9 Å². The lowest BCUT2D eigenvalue weighted by molar-refractivity contribution is -0.136. The summed E-state index contributed by atoms with van der Waals surface area (Å²) < 4.78 is 41.5. The predicted molar refractivity (Wildman–Crippen MR) is 203 cm³/mol. The summed E-state index contributed by atoms with van der Waals surface area (Å²) in [6.45, 7) is 8.00. The Balaban J connectivity index is 1.21. The average Bonchev–Trinajstić information content (AvgIpc) is 3.86. The SMILES string of the molecule is CCN(Cc1ccc(C[C@@H](NC(=O)C[C@H](NS(=O)(=O)c2ccc3ccccc3c2)c2ccc3c(c2)OCO3)C(=O)N(C)C(C)C)cc1)C1CCCC1. The molecule has 10 nitrogen and oxygen atoms in total. The second kappa shape index (κ2) is 16.5. The molecule has 0 spiro atoms. The molecule has 4 aromatic rings. The van der Waals surface area contributed by atoms with Gasteiger partial charge in [-0.15, -0.1) is 0 Å². The first-order valence-electron chi connectivity index (χ1n) is 18.3. The van der Waals surface area contributed by atoms with Crippen molar-refractivity contribution in [2.75, 3.05) is 20.4 Å². The second-order valence-electron chi connectivity index (χ2n) is 14.2. The number of nitrogens with one attached hydrogen (secondary N) is 2. The lowest BCUT2D eigenvalue weighted by atomic mass is 10.0. The van der Waals surface area contributed by atoms with E-state index in [0.29, 0.717) is 29.5 Å². The zero-order valence-electron chi connectivity index (χ0n) is 30.5. The minimum absolute atomic E-state index is 0.0538. The summed E-state index contributed by atoms with van der Waals surface area (Å²) in [6.07, 6.45) is 5.12. The maximum absolute atomic E-state index is 13.9. The van der Waals surface area contributed by atoms with Crippen LogP contribution in [-0.2, 0) is 32.6 Å². The zero-order valence-corrected chi connectivity index (χ0v) is 31.3. The maximum atomic E-state index is 13.9. The molecule has 2 atom stereocenters. The van der Waals surface area contributed by atoms with Gasteiger partial charge in [-0.25, -0.2) is 13.1 Å². The molecule has 0 bridgehead atoms. The number of ether oxygens (including phenoxy) is 2. The molecule has 2 N–H and O–H groups in total. The molecule has 1 saturated carbocycles. The molecule has 1 aliphatic carbocycles. The smallest absolute Gasteiger partial charge is 0.245 e. The summed E-state index contributed by atoms with van der Waals surface area (Å²) in [5.74, 6) is 0.320. The number of carbonyl (C=O) groups excluding carboxylic acids is 2. The van der Waals surface area contributed by atoms with Crippen LogP contribution in [0.3, 0.4) is 0 Å². The normalized spacial score (nSPS) is 15.7. The van der Waals surface area contributed by atoms with Gasteiger partial charge in [-0.3, -0.25) is 14.5 Å². The Kier molecular flexibility index (Phi) is 11.8. The highest BCUT2D eigenvalue weighted by molar-refractivity contribution is 7.89. The summed E-state index contributed by atoms with van der Waals surface area (Å²) in [7, 11) is -2.35. The van der Waals surface area contributed by atoms with E-state index in [2.05, 4.69) is 34.0 Å².